The van der Waals surface area contributed by atoms with Crippen molar-refractivity contribution in [2.45, 2.75) is 13.3 Å². The van der Waals surface area contributed by atoms with Crippen LogP contribution in [0.15, 0.2) is 34.9 Å². The summed E-state index contributed by atoms with van der Waals surface area (Å²) in [7, 11) is 0. The van der Waals surface area contributed by atoms with Crippen molar-refractivity contribution >= 4 is 21.7 Å². The number of nitrogens with two attached hydrogens (primary N) is 1. The van der Waals surface area contributed by atoms with Crippen LogP contribution in [0.4, 0.5) is 5.82 Å². The van der Waals surface area contributed by atoms with E-state index in [4.69, 9.17) is 10.5 Å². The Morgan fingerprint density at radius 1 is 1.28 bits per heavy atom. The molecule has 0 atom stereocenters. The molecule has 0 saturated carbocycles. The third-order valence-corrected chi connectivity index (χ3v) is 2.97. The number of aromatic nitrogens is 2. The Morgan fingerprint density at radius 3 is 2.61 bits per heavy atom. The zero-order valence-corrected chi connectivity index (χ0v) is 11.6. The lowest BCUT2D eigenvalue weighted by molar-refractivity contribution is 0.317. The van der Waals surface area contributed by atoms with Crippen LogP contribution < -0.4 is 10.5 Å². The number of nitrogens with zero attached hydrogens (tertiary/aromatic N) is 2. The zero-order chi connectivity index (χ0) is 13.0. The second-order valence-corrected chi connectivity index (χ2v) is 4.65. The van der Waals surface area contributed by atoms with Gasteiger partial charge in [-0.3, -0.25) is 0 Å². The summed E-state index contributed by atoms with van der Waals surface area (Å²) in [5.41, 5.74) is 6.65. The van der Waals surface area contributed by atoms with Crippen molar-refractivity contribution in [2.75, 3.05) is 12.3 Å². The lowest BCUT2D eigenvalue weighted by Crippen LogP contribution is -1.97. The molecule has 0 aliphatic carbocycles. The minimum absolute atomic E-state index is 0.436. The Labute approximate surface area is 114 Å². The maximum atomic E-state index is 5.73. The summed E-state index contributed by atoms with van der Waals surface area (Å²) in [6.45, 7) is 2.80. The van der Waals surface area contributed by atoms with Gasteiger partial charge in [0, 0.05) is 11.8 Å². The van der Waals surface area contributed by atoms with Crippen LogP contribution in [-0.4, -0.2) is 16.6 Å². The minimum atomic E-state index is 0.436. The van der Waals surface area contributed by atoms with E-state index in [1.165, 1.54) is 0 Å². The van der Waals surface area contributed by atoms with Crippen molar-refractivity contribution in [1.82, 2.24) is 9.97 Å². The molecule has 0 spiro atoms. The average molecular weight is 308 g/mol. The van der Waals surface area contributed by atoms with Gasteiger partial charge in [-0.2, -0.15) is 0 Å². The lowest BCUT2D eigenvalue weighted by Gasteiger charge is -2.06. The highest BCUT2D eigenvalue weighted by molar-refractivity contribution is 9.10. The van der Waals surface area contributed by atoms with Gasteiger partial charge in [-0.1, -0.05) is 6.92 Å². The van der Waals surface area contributed by atoms with Crippen LogP contribution in [0.5, 0.6) is 5.75 Å². The summed E-state index contributed by atoms with van der Waals surface area (Å²) in [5.74, 6) is 1.90. The average Bonchev–Trinajstić information content (AvgIpc) is 2.40. The summed E-state index contributed by atoms with van der Waals surface area (Å²) in [4.78, 5) is 8.44. The van der Waals surface area contributed by atoms with E-state index in [0.29, 0.717) is 16.1 Å². The third kappa shape index (κ3) is 2.98. The molecule has 5 heteroatoms. The largest absolute Gasteiger partial charge is 0.494 e. The first-order valence-corrected chi connectivity index (χ1v) is 6.51. The van der Waals surface area contributed by atoms with Gasteiger partial charge in [-0.05, 0) is 46.6 Å². The van der Waals surface area contributed by atoms with E-state index in [9.17, 15) is 0 Å². The van der Waals surface area contributed by atoms with Gasteiger partial charge in [0.05, 0.1) is 11.1 Å². The molecule has 1 aromatic carbocycles. The molecular weight excluding hydrogens is 294 g/mol. The van der Waals surface area contributed by atoms with Gasteiger partial charge in [-0.15, -0.1) is 0 Å². The van der Waals surface area contributed by atoms with Gasteiger partial charge < -0.3 is 10.5 Å². The van der Waals surface area contributed by atoms with Crippen LogP contribution >= 0.6 is 15.9 Å². The van der Waals surface area contributed by atoms with Crippen LogP contribution in [-0.2, 0) is 0 Å². The number of halogens is 1. The van der Waals surface area contributed by atoms with E-state index in [1.54, 1.807) is 6.20 Å². The molecule has 0 saturated heterocycles. The van der Waals surface area contributed by atoms with Crippen LogP contribution in [0.2, 0.25) is 0 Å². The highest BCUT2D eigenvalue weighted by Gasteiger charge is 2.04. The molecule has 1 aromatic heterocycles. The molecule has 18 heavy (non-hydrogen) atoms. The first kappa shape index (κ1) is 12.8. The molecule has 0 bridgehead atoms. The molecular formula is C13H14BrN3O. The Morgan fingerprint density at radius 2 is 2.00 bits per heavy atom. The molecule has 4 nitrogen and oxygen atoms in total. The van der Waals surface area contributed by atoms with Crippen molar-refractivity contribution in [3.8, 4) is 17.1 Å². The van der Waals surface area contributed by atoms with E-state index in [0.717, 1.165) is 24.3 Å². The fourth-order valence-corrected chi connectivity index (χ4v) is 1.63. The number of anilines is 1. The second-order valence-electron chi connectivity index (χ2n) is 3.80. The highest BCUT2D eigenvalue weighted by Crippen LogP contribution is 2.22. The van der Waals surface area contributed by atoms with Gasteiger partial charge >= 0.3 is 0 Å². The summed E-state index contributed by atoms with van der Waals surface area (Å²) >= 11 is 3.27. The second kappa shape index (κ2) is 5.82. The first-order valence-electron chi connectivity index (χ1n) is 5.72. The molecule has 0 fully saturated rings. The molecule has 2 N–H and O–H groups in total. The molecule has 0 aliphatic heterocycles. The maximum absolute atomic E-state index is 5.73. The smallest absolute Gasteiger partial charge is 0.161 e. The molecule has 0 unspecified atom stereocenters. The monoisotopic (exact) mass is 307 g/mol. The van der Waals surface area contributed by atoms with E-state index >= 15 is 0 Å². The predicted octanol–water partition coefficient (Wildman–Crippen LogP) is 3.28. The Balaban J connectivity index is 2.20. The number of ether oxygens (including phenoxy) is 1. The summed E-state index contributed by atoms with van der Waals surface area (Å²) in [5, 5.41) is 0. The van der Waals surface area contributed by atoms with Crippen molar-refractivity contribution < 1.29 is 4.74 Å². The van der Waals surface area contributed by atoms with Crippen LogP contribution in [0.1, 0.15) is 13.3 Å². The fourth-order valence-electron chi connectivity index (χ4n) is 1.44. The van der Waals surface area contributed by atoms with E-state index in [1.807, 2.05) is 24.3 Å². The van der Waals surface area contributed by atoms with Crippen LogP contribution in [0, 0.1) is 0 Å². The standard InChI is InChI=1S/C13H14BrN3O/c1-2-7-18-10-5-3-9(4-6-10)13-16-8-11(14)12(15)17-13/h3-6,8H,2,7H2,1H3,(H2,15,16,17). The first-order chi connectivity index (χ1) is 8.70. The maximum Gasteiger partial charge on any atom is 0.161 e. The van der Waals surface area contributed by atoms with Gasteiger partial charge in [0.15, 0.2) is 5.82 Å². The number of hydrogen-bond donors (Lipinski definition) is 1. The summed E-state index contributed by atoms with van der Waals surface area (Å²) in [6.07, 6.45) is 2.65. The summed E-state index contributed by atoms with van der Waals surface area (Å²) in [6, 6.07) is 7.67. The van der Waals surface area contributed by atoms with Crippen molar-refractivity contribution in [3.05, 3.63) is 34.9 Å². The van der Waals surface area contributed by atoms with E-state index in [2.05, 4.69) is 32.8 Å². The predicted molar refractivity (Wildman–Crippen MR) is 75.4 cm³/mol. The molecule has 0 radical (unpaired) electrons. The summed E-state index contributed by atoms with van der Waals surface area (Å²) < 4.78 is 6.22. The van der Waals surface area contributed by atoms with Gasteiger partial charge in [0.25, 0.3) is 0 Å². The minimum Gasteiger partial charge on any atom is -0.494 e. The lowest BCUT2D eigenvalue weighted by atomic mass is 10.2. The molecule has 0 amide bonds. The molecule has 94 valence electrons. The Hall–Kier alpha value is -1.62. The van der Waals surface area contributed by atoms with Crippen molar-refractivity contribution in [1.29, 1.82) is 0 Å². The number of hydrogen-bond acceptors (Lipinski definition) is 4. The van der Waals surface area contributed by atoms with Crippen LogP contribution in [0.25, 0.3) is 11.4 Å². The number of nitrogen functional groups attached to an aromatic ring is 1. The molecule has 2 aromatic rings. The normalized spacial score (nSPS) is 10.3. The molecule has 1 heterocycles. The zero-order valence-electron chi connectivity index (χ0n) is 10.1. The topological polar surface area (TPSA) is 61.0 Å². The Kier molecular flexibility index (Phi) is 4.15. The number of benzene rings is 1. The van der Waals surface area contributed by atoms with E-state index in [-0.39, 0.29) is 0 Å². The molecule has 0 aliphatic rings. The SMILES string of the molecule is CCCOc1ccc(-c2ncc(Br)c(N)n2)cc1. The van der Waals surface area contributed by atoms with Gasteiger partial charge in [0.2, 0.25) is 0 Å². The van der Waals surface area contributed by atoms with Crippen LogP contribution in [0.3, 0.4) is 0 Å². The third-order valence-electron chi connectivity index (χ3n) is 2.36. The highest BCUT2D eigenvalue weighted by atomic mass is 79.9. The fraction of sp³-hybridized carbons (Fsp3) is 0.231. The quantitative estimate of drug-likeness (QED) is 0.941. The van der Waals surface area contributed by atoms with Gasteiger partial charge in [-0.25, -0.2) is 9.97 Å². The number of rotatable bonds is 4. The van der Waals surface area contributed by atoms with E-state index < -0.39 is 0 Å². The van der Waals surface area contributed by atoms with Gasteiger partial charge in [0.1, 0.15) is 11.6 Å². The Bertz CT molecular complexity index is 528. The molecule has 2 rings (SSSR count). The van der Waals surface area contributed by atoms with Crippen molar-refractivity contribution in [2.24, 2.45) is 0 Å². The van der Waals surface area contributed by atoms with Crippen molar-refractivity contribution in [3.63, 3.8) is 0 Å².